The van der Waals surface area contributed by atoms with Gasteiger partial charge in [0.05, 0.1) is 0 Å². The second-order valence-electron chi connectivity index (χ2n) is 2.15. The molecule has 0 saturated carbocycles. The van der Waals surface area contributed by atoms with Gasteiger partial charge in [-0.05, 0) is 0 Å². The van der Waals surface area contributed by atoms with Gasteiger partial charge in [0.2, 0.25) is 0 Å². The quantitative estimate of drug-likeness (QED) is 0.125. The molecular formula is C4H18N3Na2O8P. The zero-order valence-corrected chi connectivity index (χ0v) is 9.18. The summed E-state index contributed by atoms with van der Waals surface area (Å²) in [6.45, 7) is -0.227. The fourth-order valence-corrected chi connectivity index (χ4v) is 0.288. The van der Waals surface area contributed by atoms with E-state index in [1.807, 2.05) is 0 Å². The van der Waals surface area contributed by atoms with Crippen molar-refractivity contribution in [1.29, 1.82) is 5.41 Å². The molecule has 0 heterocycles. The number of nitrogens with one attached hydrogen (secondary N) is 1. The van der Waals surface area contributed by atoms with Gasteiger partial charge in [-0.15, -0.1) is 0 Å². The molecule has 18 heavy (non-hydrogen) atoms. The Morgan fingerprint density at radius 2 is 1.50 bits per heavy atom. The Morgan fingerprint density at radius 3 is 1.56 bits per heavy atom. The van der Waals surface area contributed by atoms with E-state index in [0.29, 0.717) is 0 Å². The molecule has 0 aromatic rings. The Hall–Kier alpha value is 0.770. The van der Waals surface area contributed by atoms with Crippen LogP contribution in [0.3, 0.4) is 0 Å². The van der Waals surface area contributed by atoms with Crippen molar-refractivity contribution in [2.45, 2.75) is 0 Å². The van der Waals surface area contributed by atoms with Gasteiger partial charge >= 0.3 is 72.9 Å². The van der Waals surface area contributed by atoms with Crippen molar-refractivity contribution >= 4 is 78.9 Å². The molecule has 0 saturated heterocycles. The number of nitrogens with zero attached hydrogens (tertiary/aromatic N) is 1. The second-order valence-corrected chi connectivity index (χ2v) is 3.17. The number of hydrogen-bond acceptors (Lipinski definition) is 3. The normalized spacial score (nSPS) is 7.56. The monoisotopic (exact) mass is 313 g/mol. The average Bonchev–Trinajstić information content (AvgIpc) is 1.80. The van der Waals surface area contributed by atoms with E-state index < -0.39 is 13.8 Å². The fourth-order valence-electron chi connectivity index (χ4n) is 0.288. The maximum absolute atomic E-state index is 9.92. The van der Waals surface area contributed by atoms with Gasteiger partial charge in [-0.25, -0.2) is 4.57 Å². The fraction of sp³-hybridized carbons (Fsp3) is 0.500. The first-order valence-corrected chi connectivity index (χ1v) is 4.65. The molecule has 0 amide bonds. The molecule has 0 atom stereocenters. The third-order valence-electron chi connectivity index (χ3n) is 0.784. The summed E-state index contributed by atoms with van der Waals surface area (Å²) in [5.41, 5.74) is 4.93. The Labute approximate surface area is 147 Å². The van der Waals surface area contributed by atoms with E-state index >= 15 is 0 Å². The first-order chi connectivity index (χ1) is 6.04. The van der Waals surface area contributed by atoms with Crippen molar-refractivity contribution in [3.63, 3.8) is 0 Å². The number of guanidine groups is 1. The van der Waals surface area contributed by atoms with Crippen LogP contribution in [-0.2, 0) is 9.36 Å². The molecule has 11 nitrogen and oxygen atoms in total. The van der Waals surface area contributed by atoms with Crippen LogP contribution < -0.4 is 5.73 Å². The molecule has 0 rings (SSSR count). The molecule has 11 N–H and O–H groups in total. The summed E-state index contributed by atoms with van der Waals surface area (Å²) in [6, 6.07) is 0. The summed E-state index contributed by atoms with van der Waals surface area (Å²) in [5.74, 6) is -1.23. The number of aliphatic carboxylic acids is 1. The van der Waals surface area contributed by atoms with Crippen LogP contribution in [0.25, 0.3) is 0 Å². The minimum absolute atomic E-state index is 0. The third-order valence-corrected chi connectivity index (χ3v) is 0.784. The van der Waals surface area contributed by atoms with Gasteiger partial charge in [0.25, 0.3) is 0 Å². The summed E-state index contributed by atoms with van der Waals surface area (Å²) in [5, 5.41) is 14.9. The van der Waals surface area contributed by atoms with E-state index in [1.165, 1.54) is 7.05 Å². The van der Waals surface area contributed by atoms with Crippen molar-refractivity contribution < 1.29 is 40.1 Å². The van der Waals surface area contributed by atoms with Crippen LogP contribution in [-0.4, -0.2) is 120 Å². The Morgan fingerprint density at radius 1 is 1.28 bits per heavy atom. The molecule has 104 valence electrons. The predicted molar refractivity (Wildman–Crippen MR) is 68.0 cm³/mol. The van der Waals surface area contributed by atoms with Gasteiger partial charge in [-0.3, -0.25) is 10.2 Å². The van der Waals surface area contributed by atoms with Crippen molar-refractivity contribution in [2.24, 2.45) is 5.73 Å². The van der Waals surface area contributed by atoms with E-state index in [2.05, 4.69) is 0 Å². The first kappa shape index (κ1) is 36.3. The van der Waals surface area contributed by atoms with Crippen LogP contribution in [0.5, 0.6) is 0 Å². The van der Waals surface area contributed by atoms with Gasteiger partial charge in [0, 0.05) is 7.05 Å². The standard InChI is InChI=1S/C4H9N3O2.2Na.H3O4P.2H2O.2H/c1-7(4(5)6)2-3(8)9;;;1-5(2,3)4;;;;/h2H2,1H3,(H3,5,6)(H,8,9);;;(H3,1,2,3,4);2*1H2;;. The van der Waals surface area contributed by atoms with Crippen LogP contribution in [0.1, 0.15) is 0 Å². The van der Waals surface area contributed by atoms with Crippen LogP contribution in [0, 0.1) is 5.41 Å². The Kier molecular flexibility index (Phi) is 35.9. The number of likely N-dealkylation sites (N-methyl/N-ethyl adjacent to an activating group) is 1. The van der Waals surface area contributed by atoms with Crippen molar-refractivity contribution in [3.8, 4) is 0 Å². The number of carbonyl (C=O) groups is 1. The molecule has 0 bridgehead atoms. The molecule has 0 aromatic carbocycles. The number of hydrogen-bond donors (Lipinski definition) is 6. The molecule has 0 spiro atoms. The van der Waals surface area contributed by atoms with Crippen molar-refractivity contribution in [2.75, 3.05) is 13.6 Å². The van der Waals surface area contributed by atoms with E-state index in [4.69, 9.17) is 35.5 Å². The number of carboxylic acid groups (broad SMARTS) is 1. The summed E-state index contributed by atoms with van der Waals surface area (Å²) in [7, 11) is -3.20. The maximum atomic E-state index is 9.92. The molecule has 0 aliphatic rings. The minimum atomic E-state index is -4.64. The number of phosphoric acid groups is 1. The van der Waals surface area contributed by atoms with Gasteiger partial charge in [-0.2, -0.15) is 0 Å². The number of carboxylic acids is 1. The van der Waals surface area contributed by atoms with Crippen LogP contribution >= 0.6 is 7.82 Å². The summed E-state index contributed by atoms with van der Waals surface area (Å²) in [4.78, 5) is 32.6. The zero-order valence-electron chi connectivity index (χ0n) is 8.28. The van der Waals surface area contributed by atoms with Crippen molar-refractivity contribution in [3.05, 3.63) is 0 Å². The molecule has 0 aliphatic carbocycles. The molecule has 0 fully saturated rings. The summed E-state index contributed by atoms with van der Waals surface area (Å²) < 4.78 is 8.88. The van der Waals surface area contributed by atoms with E-state index in [9.17, 15) is 4.79 Å². The summed E-state index contributed by atoms with van der Waals surface area (Å²) >= 11 is 0. The Bertz CT molecular complexity index is 252. The molecule has 14 heteroatoms. The van der Waals surface area contributed by atoms with Crippen LogP contribution in [0.4, 0.5) is 0 Å². The van der Waals surface area contributed by atoms with E-state index in [1.54, 1.807) is 0 Å². The summed E-state index contributed by atoms with van der Waals surface area (Å²) in [6.07, 6.45) is 0. The number of rotatable bonds is 2. The predicted octanol–water partition coefficient (Wildman–Crippen LogP) is -4.98. The van der Waals surface area contributed by atoms with Gasteiger partial charge in [-0.1, -0.05) is 0 Å². The SMILES string of the molecule is CN(CC(=O)O)C(=N)N.O.O.O=P(O)(O)O.[NaH].[NaH]. The molecule has 0 unspecified atom stereocenters. The van der Waals surface area contributed by atoms with Crippen LogP contribution in [0.2, 0.25) is 0 Å². The van der Waals surface area contributed by atoms with Gasteiger partial charge in [0.1, 0.15) is 6.54 Å². The third kappa shape index (κ3) is 54.2. The van der Waals surface area contributed by atoms with Crippen molar-refractivity contribution in [1.82, 2.24) is 4.90 Å². The number of nitrogens with two attached hydrogens (primary N) is 1. The molecule has 0 aliphatic heterocycles. The molecule has 0 aromatic heterocycles. The van der Waals surface area contributed by atoms with Gasteiger partial charge < -0.3 is 41.4 Å². The Balaban J connectivity index is -0.0000000359. The second kappa shape index (κ2) is 17.8. The van der Waals surface area contributed by atoms with Gasteiger partial charge in [0.15, 0.2) is 5.96 Å². The molecular weight excluding hydrogens is 295 g/mol. The zero-order chi connectivity index (χ0) is 11.9. The topological polar surface area (TPSA) is 231 Å². The van der Waals surface area contributed by atoms with Crippen LogP contribution in [0.15, 0.2) is 0 Å². The van der Waals surface area contributed by atoms with E-state index in [-0.39, 0.29) is 82.6 Å². The average molecular weight is 313 g/mol. The molecule has 0 radical (unpaired) electrons. The van der Waals surface area contributed by atoms with E-state index in [0.717, 1.165) is 4.90 Å². The first-order valence-electron chi connectivity index (χ1n) is 3.09.